The number of rotatable bonds is 4. The summed E-state index contributed by atoms with van der Waals surface area (Å²) in [7, 11) is -4.36. The highest BCUT2D eigenvalue weighted by Crippen LogP contribution is 2.40. The summed E-state index contributed by atoms with van der Waals surface area (Å²) in [5, 5.41) is 10.2. The van der Waals surface area contributed by atoms with Crippen LogP contribution >= 0.6 is 12.6 Å². The van der Waals surface area contributed by atoms with Gasteiger partial charge in [0.05, 0.1) is 4.92 Å². The van der Waals surface area contributed by atoms with Gasteiger partial charge in [0.1, 0.15) is 4.90 Å². The van der Waals surface area contributed by atoms with Crippen LogP contribution in [0.2, 0.25) is 0 Å². The lowest BCUT2D eigenvalue weighted by molar-refractivity contribution is -0.385. The molecule has 0 saturated heterocycles. The molecule has 180 valence electrons. The average molecular weight is 508 g/mol. The zero-order valence-corrected chi connectivity index (χ0v) is 21.2. The third-order valence-electron chi connectivity index (χ3n) is 5.66. The number of thiol groups is 1. The van der Waals surface area contributed by atoms with Gasteiger partial charge in [0, 0.05) is 17.0 Å². The first-order valence-electron chi connectivity index (χ1n) is 10.7. The lowest BCUT2D eigenvalue weighted by Gasteiger charge is -2.20. The fraction of sp³-hybridized carbons (Fsp3) is 0.111. The molecule has 0 fully saturated rings. The number of nitrogens with zero attached hydrogens (tertiary/aromatic N) is 1. The second-order valence-corrected chi connectivity index (χ2v) is 9.80. The van der Waals surface area contributed by atoms with Crippen molar-refractivity contribution in [3.05, 3.63) is 112 Å². The molecule has 0 unspecified atom stereocenters. The maximum absolute atomic E-state index is 10.5. The molecule has 0 spiro atoms. The number of nitro groups is 1. The molecule has 0 aromatic heterocycles. The first-order valence-corrected chi connectivity index (χ1v) is 12.6. The summed E-state index contributed by atoms with van der Waals surface area (Å²) in [4.78, 5) is 10.1. The van der Waals surface area contributed by atoms with E-state index in [1.54, 1.807) is 0 Å². The SMILES string of the molecule is Cc1c(S)c(C)c(-c2ccccc2)c(C)c1-c1ccccc1.O=[N+]([O-])c1cccc(S(=O)(=O)O)c1. The molecule has 4 aromatic rings. The molecule has 0 atom stereocenters. The van der Waals surface area contributed by atoms with Crippen molar-refractivity contribution < 1.29 is 17.9 Å². The molecule has 8 heteroatoms. The van der Waals surface area contributed by atoms with E-state index in [-0.39, 0.29) is 5.69 Å². The maximum Gasteiger partial charge on any atom is 0.294 e. The molecule has 0 aliphatic heterocycles. The number of benzene rings is 4. The van der Waals surface area contributed by atoms with Crippen molar-refractivity contribution in [3.63, 3.8) is 0 Å². The highest BCUT2D eigenvalue weighted by atomic mass is 32.2. The van der Waals surface area contributed by atoms with Gasteiger partial charge in [0.25, 0.3) is 15.8 Å². The molecule has 4 aromatic carbocycles. The van der Waals surface area contributed by atoms with Gasteiger partial charge in [0.2, 0.25) is 0 Å². The Morgan fingerprint density at radius 3 is 1.60 bits per heavy atom. The van der Waals surface area contributed by atoms with Gasteiger partial charge in [0.15, 0.2) is 0 Å². The Morgan fingerprint density at radius 2 is 1.20 bits per heavy atom. The van der Waals surface area contributed by atoms with Gasteiger partial charge in [-0.15, -0.1) is 12.6 Å². The molecular weight excluding hydrogens is 482 g/mol. The van der Waals surface area contributed by atoms with Crippen molar-refractivity contribution in [1.82, 2.24) is 0 Å². The van der Waals surface area contributed by atoms with Gasteiger partial charge >= 0.3 is 0 Å². The van der Waals surface area contributed by atoms with Crippen molar-refractivity contribution in [2.24, 2.45) is 0 Å². The fourth-order valence-corrected chi connectivity index (χ4v) is 4.78. The second-order valence-electron chi connectivity index (χ2n) is 7.94. The zero-order chi connectivity index (χ0) is 25.8. The minimum absolute atomic E-state index is 0.380. The van der Waals surface area contributed by atoms with Crippen molar-refractivity contribution >= 4 is 28.4 Å². The Hall–Kier alpha value is -3.46. The monoisotopic (exact) mass is 507 g/mol. The molecule has 0 saturated carbocycles. The van der Waals surface area contributed by atoms with Gasteiger partial charge in [-0.3, -0.25) is 14.7 Å². The Bertz CT molecular complexity index is 1400. The zero-order valence-electron chi connectivity index (χ0n) is 19.5. The summed E-state index contributed by atoms with van der Waals surface area (Å²) in [5.74, 6) is 0. The first kappa shape index (κ1) is 26.2. The molecule has 0 heterocycles. The van der Waals surface area contributed by atoms with E-state index in [4.69, 9.17) is 17.2 Å². The smallest absolute Gasteiger partial charge is 0.282 e. The van der Waals surface area contributed by atoms with Gasteiger partial charge in [-0.1, -0.05) is 66.7 Å². The van der Waals surface area contributed by atoms with Crippen LogP contribution in [0, 0.1) is 30.9 Å². The molecular formula is C27H25NO5S2. The number of hydrogen-bond donors (Lipinski definition) is 2. The van der Waals surface area contributed by atoms with E-state index in [1.807, 2.05) is 0 Å². The normalized spacial score (nSPS) is 10.9. The molecule has 0 amide bonds. The Kier molecular flexibility index (Phi) is 8.11. The number of hydrogen-bond acceptors (Lipinski definition) is 5. The van der Waals surface area contributed by atoms with Gasteiger partial charge < -0.3 is 0 Å². The van der Waals surface area contributed by atoms with E-state index in [9.17, 15) is 18.5 Å². The molecule has 35 heavy (non-hydrogen) atoms. The first-order chi connectivity index (χ1) is 16.5. The minimum Gasteiger partial charge on any atom is -0.282 e. The maximum atomic E-state index is 10.5. The molecule has 6 nitrogen and oxygen atoms in total. The Morgan fingerprint density at radius 1 is 0.743 bits per heavy atom. The van der Waals surface area contributed by atoms with Gasteiger partial charge in [-0.25, -0.2) is 0 Å². The summed E-state index contributed by atoms with van der Waals surface area (Å²) in [6.45, 7) is 6.55. The van der Waals surface area contributed by atoms with Gasteiger partial charge in [-0.05, 0) is 65.8 Å². The topological polar surface area (TPSA) is 97.5 Å². The standard InChI is InChI=1S/C21H20S.C6H5NO5S/c1-14-19(17-10-6-4-7-11-17)15(2)21(22)16(3)20(14)18-12-8-5-9-13-18;8-7(9)5-2-1-3-6(4-5)13(10,11)12/h4-13,22H,1-3H3;1-4H,(H,10,11,12). The molecule has 0 bridgehead atoms. The lowest BCUT2D eigenvalue weighted by atomic mass is 9.86. The van der Waals surface area contributed by atoms with Crippen molar-refractivity contribution in [1.29, 1.82) is 0 Å². The summed E-state index contributed by atoms with van der Waals surface area (Å²) in [6.07, 6.45) is 0. The largest absolute Gasteiger partial charge is 0.294 e. The lowest BCUT2D eigenvalue weighted by Crippen LogP contribution is -1.98. The third-order valence-corrected chi connectivity index (χ3v) is 7.18. The highest BCUT2D eigenvalue weighted by Gasteiger charge is 2.17. The van der Waals surface area contributed by atoms with E-state index in [1.165, 1.54) is 45.0 Å². The summed E-state index contributed by atoms with van der Waals surface area (Å²) in [6, 6.07) is 25.3. The van der Waals surface area contributed by atoms with Crippen LogP contribution < -0.4 is 0 Å². The molecule has 1 N–H and O–H groups in total. The molecule has 0 aliphatic rings. The number of nitro benzene ring substituents is 1. The van der Waals surface area contributed by atoms with Crippen LogP contribution in [0.4, 0.5) is 5.69 Å². The number of non-ortho nitro benzene ring substituents is 1. The molecule has 0 aliphatic carbocycles. The van der Waals surface area contributed by atoms with E-state index in [2.05, 4.69) is 81.4 Å². The summed E-state index contributed by atoms with van der Waals surface area (Å²) in [5.41, 5.74) is 8.56. The summed E-state index contributed by atoms with van der Waals surface area (Å²) >= 11 is 4.80. The molecule has 0 radical (unpaired) electrons. The van der Waals surface area contributed by atoms with Crippen LogP contribution in [-0.4, -0.2) is 17.9 Å². The quantitative estimate of drug-likeness (QED) is 0.133. The van der Waals surface area contributed by atoms with Crippen LogP contribution in [0.3, 0.4) is 0 Å². The van der Waals surface area contributed by atoms with Crippen LogP contribution in [0.1, 0.15) is 16.7 Å². The second kappa shape index (κ2) is 10.9. The highest BCUT2D eigenvalue weighted by molar-refractivity contribution is 7.85. The van der Waals surface area contributed by atoms with E-state index < -0.39 is 19.9 Å². The van der Waals surface area contributed by atoms with Crippen LogP contribution in [0.25, 0.3) is 22.3 Å². The average Bonchev–Trinajstić information content (AvgIpc) is 2.84. The van der Waals surface area contributed by atoms with E-state index in [0.717, 1.165) is 23.1 Å². The fourth-order valence-electron chi connectivity index (χ4n) is 4.04. The van der Waals surface area contributed by atoms with E-state index in [0.29, 0.717) is 0 Å². The van der Waals surface area contributed by atoms with E-state index >= 15 is 0 Å². The van der Waals surface area contributed by atoms with Crippen LogP contribution in [0.15, 0.2) is 94.7 Å². The van der Waals surface area contributed by atoms with Crippen molar-refractivity contribution in [2.75, 3.05) is 0 Å². The van der Waals surface area contributed by atoms with Crippen molar-refractivity contribution in [2.45, 2.75) is 30.6 Å². The van der Waals surface area contributed by atoms with Crippen LogP contribution in [-0.2, 0) is 10.1 Å². The van der Waals surface area contributed by atoms with Crippen molar-refractivity contribution in [3.8, 4) is 22.3 Å². The predicted molar refractivity (Wildman–Crippen MR) is 142 cm³/mol. The minimum atomic E-state index is -4.36. The molecule has 4 rings (SSSR count). The Labute approximate surface area is 210 Å². The Balaban J connectivity index is 0.000000225. The third kappa shape index (κ3) is 5.97. The van der Waals surface area contributed by atoms with Gasteiger partial charge in [-0.2, -0.15) is 8.42 Å². The van der Waals surface area contributed by atoms with Crippen LogP contribution in [0.5, 0.6) is 0 Å². The predicted octanol–water partition coefficient (Wildman–Crippen LogP) is 7.08. The summed E-state index contributed by atoms with van der Waals surface area (Å²) < 4.78 is 29.6.